The lowest BCUT2D eigenvalue weighted by Crippen LogP contribution is -2.29. The van der Waals surface area contributed by atoms with Gasteiger partial charge in [-0.3, -0.25) is 9.59 Å². The third-order valence-corrected chi connectivity index (χ3v) is 5.47. The number of carbonyl (C=O) groups excluding carboxylic acids is 1. The van der Waals surface area contributed by atoms with Crippen LogP contribution in [0.5, 0.6) is 0 Å². The van der Waals surface area contributed by atoms with Crippen molar-refractivity contribution in [2.75, 3.05) is 13.1 Å². The number of rotatable bonds is 4. The molecular formula is C22H25N5O2. The molecule has 2 aromatic heterocycles. The van der Waals surface area contributed by atoms with Gasteiger partial charge in [0.2, 0.25) is 5.91 Å². The lowest BCUT2D eigenvalue weighted by molar-refractivity contribution is -0.128. The van der Waals surface area contributed by atoms with Crippen molar-refractivity contribution in [1.29, 1.82) is 0 Å². The molecule has 0 spiro atoms. The van der Waals surface area contributed by atoms with Crippen molar-refractivity contribution >= 4 is 5.91 Å². The Morgan fingerprint density at radius 3 is 2.72 bits per heavy atom. The van der Waals surface area contributed by atoms with Crippen LogP contribution in [-0.2, 0) is 11.3 Å². The maximum atomic E-state index is 12.3. The molecule has 0 aliphatic carbocycles. The van der Waals surface area contributed by atoms with Crippen LogP contribution in [0.2, 0.25) is 0 Å². The molecule has 0 saturated carbocycles. The van der Waals surface area contributed by atoms with Gasteiger partial charge in [0.25, 0.3) is 5.56 Å². The molecular weight excluding hydrogens is 366 g/mol. The van der Waals surface area contributed by atoms with Crippen molar-refractivity contribution in [3.8, 4) is 11.4 Å². The molecule has 1 unspecified atom stereocenters. The van der Waals surface area contributed by atoms with Gasteiger partial charge in [0.1, 0.15) is 5.82 Å². The van der Waals surface area contributed by atoms with Crippen molar-refractivity contribution in [2.45, 2.75) is 38.6 Å². The summed E-state index contributed by atoms with van der Waals surface area (Å²) in [6.45, 7) is 3.72. The maximum absolute atomic E-state index is 12.3. The van der Waals surface area contributed by atoms with Gasteiger partial charge in [-0.15, -0.1) is 0 Å². The highest BCUT2D eigenvalue weighted by molar-refractivity contribution is 5.73. The molecule has 4 rings (SSSR count). The molecule has 3 heterocycles. The molecule has 150 valence electrons. The molecule has 1 aliphatic rings. The predicted molar refractivity (Wildman–Crippen MR) is 110 cm³/mol. The second-order valence-corrected chi connectivity index (χ2v) is 7.48. The third-order valence-electron chi connectivity index (χ3n) is 5.47. The smallest absolute Gasteiger partial charge is 0.259 e. The number of amides is 1. The summed E-state index contributed by atoms with van der Waals surface area (Å²) in [7, 11) is 0. The zero-order valence-electron chi connectivity index (χ0n) is 16.5. The summed E-state index contributed by atoms with van der Waals surface area (Å²) in [5.74, 6) is 1.66. The summed E-state index contributed by atoms with van der Waals surface area (Å²) in [5, 5.41) is 4.70. The molecule has 0 radical (unpaired) electrons. The number of hydrogen-bond acceptors (Lipinski definition) is 4. The highest BCUT2D eigenvalue weighted by atomic mass is 16.2. The van der Waals surface area contributed by atoms with E-state index < -0.39 is 0 Å². The fourth-order valence-electron chi connectivity index (χ4n) is 3.91. The minimum Gasteiger partial charge on any atom is -0.343 e. The van der Waals surface area contributed by atoms with Gasteiger partial charge >= 0.3 is 0 Å². The van der Waals surface area contributed by atoms with Crippen LogP contribution >= 0.6 is 0 Å². The van der Waals surface area contributed by atoms with Gasteiger partial charge in [-0.2, -0.15) is 5.10 Å². The summed E-state index contributed by atoms with van der Waals surface area (Å²) in [6.07, 6.45) is 4.33. The van der Waals surface area contributed by atoms with Crippen LogP contribution in [0.1, 0.15) is 43.5 Å². The van der Waals surface area contributed by atoms with Crippen LogP contribution in [0, 0.1) is 0 Å². The lowest BCUT2D eigenvalue weighted by Gasteiger charge is -2.18. The first-order chi connectivity index (χ1) is 14.1. The van der Waals surface area contributed by atoms with Crippen molar-refractivity contribution in [3.05, 3.63) is 70.4 Å². The van der Waals surface area contributed by atoms with Crippen LogP contribution in [0.25, 0.3) is 11.4 Å². The maximum Gasteiger partial charge on any atom is 0.259 e. The Labute approximate surface area is 169 Å². The van der Waals surface area contributed by atoms with E-state index in [9.17, 15) is 9.59 Å². The van der Waals surface area contributed by atoms with Gasteiger partial charge in [-0.1, -0.05) is 30.3 Å². The monoisotopic (exact) mass is 391 g/mol. The highest BCUT2D eigenvalue weighted by Crippen LogP contribution is 2.29. The van der Waals surface area contributed by atoms with Crippen molar-refractivity contribution in [1.82, 2.24) is 24.6 Å². The van der Waals surface area contributed by atoms with Crippen LogP contribution in [0.15, 0.2) is 53.5 Å². The van der Waals surface area contributed by atoms with E-state index in [0.29, 0.717) is 17.9 Å². The third kappa shape index (κ3) is 4.29. The van der Waals surface area contributed by atoms with E-state index in [0.717, 1.165) is 43.7 Å². The predicted octanol–water partition coefficient (Wildman–Crippen LogP) is 2.80. The average Bonchev–Trinajstić information content (AvgIpc) is 2.96. The second kappa shape index (κ2) is 8.43. The van der Waals surface area contributed by atoms with Gasteiger partial charge in [0, 0.05) is 32.1 Å². The topological polar surface area (TPSA) is 83.9 Å². The number of hydrogen-bond donors (Lipinski definition) is 1. The first kappa shape index (κ1) is 19.1. The zero-order valence-corrected chi connectivity index (χ0v) is 16.5. The van der Waals surface area contributed by atoms with E-state index in [1.165, 1.54) is 0 Å². The molecule has 1 fully saturated rings. The molecule has 3 aromatic rings. The zero-order chi connectivity index (χ0) is 20.2. The molecule has 1 amide bonds. The molecule has 29 heavy (non-hydrogen) atoms. The fraction of sp³-hybridized carbons (Fsp3) is 0.364. The van der Waals surface area contributed by atoms with Crippen molar-refractivity contribution in [3.63, 3.8) is 0 Å². The summed E-state index contributed by atoms with van der Waals surface area (Å²) in [4.78, 5) is 33.4. The number of benzene rings is 1. The van der Waals surface area contributed by atoms with Gasteiger partial charge in [0.05, 0.1) is 12.1 Å². The Kier molecular flexibility index (Phi) is 5.55. The molecule has 1 atom stereocenters. The van der Waals surface area contributed by atoms with Crippen molar-refractivity contribution < 1.29 is 4.79 Å². The van der Waals surface area contributed by atoms with Gasteiger partial charge in [-0.25, -0.2) is 9.67 Å². The number of pyridine rings is 1. The van der Waals surface area contributed by atoms with E-state index in [4.69, 9.17) is 10.1 Å². The highest BCUT2D eigenvalue weighted by Gasteiger charge is 2.25. The molecule has 7 heteroatoms. The minimum atomic E-state index is -0.195. The Morgan fingerprint density at radius 2 is 1.97 bits per heavy atom. The first-order valence-electron chi connectivity index (χ1n) is 10.0. The molecule has 7 nitrogen and oxygen atoms in total. The Bertz CT molecular complexity index is 1040. The lowest BCUT2D eigenvalue weighted by atomic mass is 9.99. The normalized spacial score (nSPS) is 17.1. The summed E-state index contributed by atoms with van der Waals surface area (Å²) >= 11 is 0. The van der Waals surface area contributed by atoms with E-state index in [1.54, 1.807) is 25.3 Å². The van der Waals surface area contributed by atoms with E-state index in [2.05, 4.69) is 17.1 Å². The van der Waals surface area contributed by atoms with Crippen LogP contribution in [-0.4, -0.2) is 43.6 Å². The molecule has 1 N–H and O–H groups in total. The molecule has 1 aromatic carbocycles. The fourth-order valence-corrected chi connectivity index (χ4v) is 3.91. The number of nitrogens with zero attached hydrogens (tertiary/aromatic N) is 4. The number of aromatic amines is 1. The summed E-state index contributed by atoms with van der Waals surface area (Å²) in [5.41, 5.74) is 1.41. The molecule has 1 saturated heterocycles. The van der Waals surface area contributed by atoms with E-state index >= 15 is 0 Å². The molecule has 0 bridgehead atoms. The minimum absolute atomic E-state index is 0.118. The number of carbonyl (C=O) groups is 1. The van der Waals surface area contributed by atoms with Crippen molar-refractivity contribution in [2.24, 2.45) is 0 Å². The van der Waals surface area contributed by atoms with E-state index in [1.807, 2.05) is 27.8 Å². The van der Waals surface area contributed by atoms with Crippen LogP contribution in [0.3, 0.4) is 0 Å². The van der Waals surface area contributed by atoms with Gasteiger partial charge in [0.15, 0.2) is 5.82 Å². The summed E-state index contributed by atoms with van der Waals surface area (Å²) in [6, 6.07) is 13.6. The largest absolute Gasteiger partial charge is 0.343 e. The first-order valence-corrected chi connectivity index (χ1v) is 10.0. The molecule has 1 aliphatic heterocycles. The quantitative estimate of drug-likeness (QED) is 0.741. The summed E-state index contributed by atoms with van der Waals surface area (Å²) < 4.78 is 1.92. The Balaban J connectivity index is 1.70. The Morgan fingerprint density at radius 1 is 1.14 bits per heavy atom. The van der Waals surface area contributed by atoms with Gasteiger partial charge < -0.3 is 9.88 Å². The SMILES string of the molecule is CC(=O)N1CCCC(c2nc(-c3ccc[nH]c3=O)nn2Cc2ccccc2)CC1. The van der Waals surface area contributed by atoms with Crippen LogP contribution in [0.4, 0.5) is 0 Å². The number of nitrogens with one attached hydrogen (secondary N) is 1. The number of H-pyrrole nitrogens is 1. The second-order valence-electron chi connectivity index (χ2n) is 7.48. The van der Waals surface area contributed by atoms with E-state index in [-0.39, 0.29) is 17.4 Å². The number of aromatic nitrogens is 4. The average molecular weight is 391 g/mol. The Hall–Kier alpha value is -3.22. The van der Waals surface area contributed by atoms with Crippen LogP contribution < -0.4 is 5.56 Å². The van der Waals surface area contributed by atoms with Gasteiger partial charge in [-0.05, 0) is 37.0 Å². The number of likely N-dealkylation sites (tertiary alicyclic amines) is 1. The standard InChI is InChI=1S/C22H25N5O2/c1-16(28)26-13-6-9-18(11-14-26)21-24-20(19-10-5-12-23-22(19)29)25-27(21)15-17-7-3-2-4-8-17/h2-5,7-8,10,12,18H,6,9,11,13-15H2,1H3,(H,23,29).